The van der Waals surface area contributed by atoms with Gasteiger partial charge in [0.05, 0.1) is 6.04 Å². The Bertz CT molecular complexity index is 272. The quantitative estimate of drug-likeness (QED) is 0.415. The molecular weight excluding hydrogens is 192 g/mol. The number of nitrogens with two attached hydrogens (primary N) is 1. The summed E-state index contributed by atoms with van der Waals surface area (Å²) < 4.78 is 0. The van der Waals surface area contributed by atoms with Gasteiger partial charge in [-0.05, 0) is 43.9 Å². The van der Waals surface area contributed by atoms with Crippen molar-refractivity contribution in [2.45, 2.75) is 38.1 Å². The number of rotatable bonds is 2. The molecule has 0 aromatic rings. The minimum Gasteiger partial charge on any atom is -0.350 e. The summed E-state index contributed by atoms with van der Waals surface area (Å²) in [6.07, 6.45) is 9.84. The summed E-state index contributed by atoms with van der Waals surface area (Å²) in [6, 6.07) is -0.777. The van der Waals surface area contributed by atoms with E-state index in [1.807, 2.05) is 0 Å². The Hall–Kier alpha value is -1.03. The van der Waals surface area contributed by atoms with Crippen LogP contribution >= 0.6 is 0 Å². The van der Waals surface area contributed by atoms with Crippen LogP contribution in [0.3, 0.4) is 0 Å². The average molecular weight is 210 g/mol. The average Bonchev–Trinajstić information content (AvgIpc) is 2.17. The number of amides is 2. The second kappa shape index (κ2) is 4.23. The van der Waals surface area contributed by atoms with E-state index in [1.54, 1.807) is 0 Å². The summed E-state index contributed by atoms with van der Waals surface area (Å²) in [7, 11) is 0. The van der Waals surface area contributed by atoms with Crippen molar-refractivity contribution in [3.05, 3.63) is 12.2 Å². The van der Waals surface area contributed by atoms with Crippen molar-refractivity contribution in [2.75, 3.05) is 0 Å². The van der Waals surface area contributed by atoms with Crippen molar-refractivity contribution in [2.24, 2.45) is 17.6 Å². The fraction of sp³-hybridized carbons (Fsp3) is 0.727. The molecule has 3 N–H and O–H groups in total. The summed E-state index contributed by atoms with van der Waals surface area (Å²) in [4.78, 5) is 10.7. The lowest BCUT2D eigenvalue weighted by Crippen LogP contribution is -2.49. The van der Waals surface area contributed by atoms with Crippen LogP contribution in [0, 0.1) is 11.8 Å². The van der Waals surface area contributed by atoms with E-state index in [-0.39, 0.29) is 6.04 Å². The van der Waals surface area contributed by atoms with Gasteiger partial charge in [0.25, 0.3) is 0 Å². The first-order chi connectivity index (χ1) is 7.18. The molecule has 1 unspecified atom stereocenters. The van der Waals surface area contributed by atoms with Gasteiger partial charge in [-0.15, -0.1) is 0 Å². The molecule has 0 aliphatic heterocycles. The molecule has 84 valence electrons. The molecule has 15 heavy (non-hydrogen) atoms. The number of hydrogen-bond acceptors (Lipinski definition) is 2. The van der Waals surface area contributed by atoms with Gasteiger partial charge in [-0.25, -0.2) is 9.86 Å². The Labute approximate surface area is 89.7 Å². The molecule has 1 fully saturated rings. The molecule has 0 aromatic carbocycles. The molecule has 4 nitrogen and oxygen atoms in total. The van der Waals surface area contributed by atoms with Gasteiger partial charge in [-0.1, -0.05) is 12.2 Å². The van der Waals surface area contributed by atoms with E-state index in [1.165, 1.54) is 12.8 Å². The van der Waals surface area contributed by atoms with Gasteiger partial charge in [0, 0.05) is 0 Å². The minimum atomic E-state index is -0.734. The Morgan fingerprint density at radius 2 is 2.07 bits per heavy atom. The van der Waals surface area contributed by atoms with Crippen molar-refractivity contribution < 1.29 is 10.0 Å². The molecule has 0 saturated heterocycles. The van der Waals surface area contributed by atoms with Crippen LogP contribution in [0.5, 0.6) is 0 Å². The topological polar surface area (TPSA) is 66.6 Å². The largest absolute Gasteiger partial charge is 0.350 e. The highest BCUT2D eigenvalue weighted by Crippen LogP contribution is 2.41. The predicted molar refractivity (Wildman–Crippen MR) is 56.2 cm³/mol. The van der Waals surface area contributed by atoms with E-state index in [4.69, 9.17) is 5.73 Å². The first-order valence-corrected chi connectivity index (χ1v) is 5.61. The van der Waals surface area contributed by atoms with Gasteiger partial charge < -0.3 is 5.73 Å². The van der Waals surface area contributed by atoms with Crippen LogP contribution in [0.4, 0.5) is 4.79 Å². The maximum atomic E-state index is 10.7. The van der Waals surface area contributed by atoms with Crippen LogP contribution < -0.4 is 5.73 Å². The summed E-state index contributed by atoms with van der Waals surface area (Å²) >= 11 is 0. The second-order valence-corrected chi connectivity index (χ2v) is 4.61. The molecule has 0 aromatic heterocycles. The molecule has 1 atom stereocenters. The maximum Gasteiger partial charge on any atom is 0.338 e. The van der Waals surface area contributed by atoms with E-state index in [9.17, 15) is 10.0 Å². The SMILES string of the molecule is NC(=O)N(O)C1CC(C2CC=CCC2)C1. The Morgan fingerprint density at radius 3 is 2.60 bits per heavy atom. The van der Waals surface area contributed by atoms with Crippen molar-refractivity contribution in [1.82, 2.24) is 5.06 Å². The second-order valence-electron chi connectivity index (χ2n) is 4.61. The molecule has 0 spiro atoms. The molecule has 2 rings (SSSR count). The number of primary amides is 1. The third-order valence-corrected chi connectivity index (χ3v) is 3.70. The molecule has 2 amide bonds. The van der Waals surface area contributed by atoms with Crippen molar-refractivity contribution in [1.29, 1.82) is 0 Å². The maximum absolute atomic E-state index is 10.7. The predicted octanol–water partition coefficient (Wildman–Crippen LogP) is 1.89. The molecule has 1 saturated carbocycles. The molecule has 4 heteroatoms. The van der Waals surface area contributed by atoms with Crippen LogP contribution in [0.15, 0.2) is 12.2 Å². The summed E-state index contributed by atoms with van der Waals surface area (Å²) in [5.74, 6) is 1.40. The third kappa shape index (κ3) is 2.15. The van der Waals surface area contributed by atoms with E-state index in [0.29, 0.717) is 11.0 Å². The van der Waals surface area contributed by atoms with Crippen molar-refractivity contribution in [3.63, 3.8) is 0 Å². The number of urea groups is 1. The van der Waals surface area contributed by atoms with Gasteiger partial charge in [0.15, 0.2) is 0 Å². The highest BCUT2D eigenvalue weighted by atomic mass is 16.5. The number of nitrogens with zero attached hydrogens (tertiary/aromatic N) is 1. The van der Waals surface area contributed by atoms with E-state index in [2.05, 4.69) is 12.2 Å². The molecule has 0 radical (unpaired) electrons. The van der Waals surface area contributed by atoms with Gasteiger partial charge in [0.1, 0.15) is 0 Å². The van der Waals surface area contributed by atoms with Gasteiger partial charge >= 0.3 is 6.03 Å². The van der Waals surface area contributed by atoms with Crippen LogP contribution in [0.25, 0.3) is 0 Å². The third-order valence-electron chi connectivity index (χ3n) is 3.70. The van der Waals surface area contributed by atoms with Crippen LogP contribution in [-0.2, 0) is 0 Å². The lowest BCUT2D eigenvalue weighted by molar-refractivity contribution is -0.117. The first kappa shape index (κ1) is 10.5. The Morgan fingerprint density at radius 1 is 1.33 bits per heavy atom. The summed E-state index contributed by atoms with van der Waals surface area (Å²) in [6.45, 7) is 0. The zero-order valence-corrected chi connectivity index (χ0v) is 8.80. The number of carbonyl (C=O) groups excluding carboxylic acids is 1. The molecule has 0 heterocycles. The summed E-state index contributed by atoms with van der Waals surface area (Å²) in [5.41, 5.74) is 5.00. The monoisotopic (exact) mass is 210 g/mol. The molecule has 2 aliphatic rings. The van der Waals surface area contributed by atoms with Gasteiger partial charge in [0.2, 0.25) is 0 Å². The smallest absolute Gasteiger partial charge is 0.338 e. The van der Waals surface area contributed by atoms with Crippen LogP contribution in [0.1, 0.15) is 32.1 Å². The fourth-order valence-electron chi connectivity index (χ4n) is 2.64. The van der Waals surface area contributed by atoms with Crippen LogP contribution in [-0.4, -0.2) is 22.3 Å². The number of hydrogen-bond donors (Lipinski definition) is 2. The standard InChI is InChI=1S/C11H18N2O2/c12-11(14)13(15)10-6-9(7-10)8-4-2-1-3-5-8/h1-2,8-10,15H,3-7H2,(H2,12,14). The van der Waals surface area contributed by atoms with Crippen LogP contribution in [0.2, 0.25) is 0 Å². The van der Waals surface area contributed by atoms with Crippen molar-refractivity contribution in [3.8, 4) is 0 Å². The zero-order chi connectivity index (χ0) is 10.8. The molecule has 2 aliphatic carbocycles. The minimum absolute atomic E-state index is 0.0431. The molecular formula is C11H18N2O2. The van der Waals surface area contributed by atoms with E-state index < -0.39 is 6.03 Å². The van der Waals surface area contributed by atoms with Gasteiger partial charge in [-0.2, -0.15) is 0 Å². The lowest BCUT2D eigenvalue weighted by Gasteiger charge is -2.43. The lowest BCUT2D eigenvalue weighted by atomic mass is 9.69. The number of hydroxylamine groups is 2. The Balaban J connectivity index is 1.77. The normalized spacial score (nSPS) is 34.6. The van der Waals surface area contributed by atoms with E-state index in [0.717, 1.165) is 25.2 Å². The summed E-state index contributed by atoms with van der Waals surface area (Å²) in [5, 5.41) is 10.00. The highest BCUT2D eigenvalue weighted by Gasteiger charge is 2.38. The van der Waals surface area contributed by atoms with Gasteiger partial charge in [-0.3, -0.25) is 5.21 Å². The molecule has 0 bridgehead atoms. The Kier molecular flexibility index (Phi) is 2.95. The zero-order valence-electron chi connectivity index (χ0n) is 8.80. The first-order valence-electron chi connectivity index (χ1n) is 5.61. The number of carbonyl (C=O) groups is 1. The van der Waals surface area contributed by atoms with E-state index >= 15 is 0 Å². The fourth-order valence-corrected chi connectivity index (χ4v) is 2.64. The van der Waals surface area contributed by atoms with Crippen molar-refractivity contribution >= 4 is 6.03 Å². The number of allylic oxidation sites excluding steroid dienone is 2. The highest BCUT2D eigenvalue weighted by molar-refractivity contribution is 5.71.